The van der Waals surface area contributed by atoms with E-state index < -0.39 is 5.76 Å². The van der Waals surface area contributed by atoms with Crippen molar-refractivity contribution in [3.63, 3.8) is 0 Å². The van der Waals surface area contributed by atoms with E-state index in [9.17, 15) is 9.59 Å². The van der Waals surface area contributed by atoms with Gasteiger partial charge in [0.1, 0.15) is 6.54 Å². The fourth-order valence-corrected chi connectivity index (χ4v) is 4.48. The summed E-state index contributed by atoms with van der Waals surface area (Å²) in [6, 6.07) is 7.85. The molecule has 6 nitrogen and oxygen atoms in total. The molecule has 0 bridgehead atoms. The summed E-state index contributed by atoms with van der Waals surface area (Å²) >= 11 is 3.10. The van der Waals surface area contributed by atoms with Gasteiger partial charge in [0, 0.05) is 11.4 Å². The van der Waals surface area contributed by atoms with Crippen LogP contribution in [0.5, 0.6) is 0 Å². The topological polar surface area (TPSA) is 68.3 Å². The zero-order valence-corrected chi connectivity index (χ0v) is 14.4. The fourth-order valence-electron chi connectivity index (χ4n) is 2.97. The summed E-state index contributed by atoms with van der Waals surface area (Å²) in [6.07, 6.45) is 1.93. The van der Waals surface area contributed by atoms with Gasteiger partial charge in [-0.3, -0.25) is 4.79 Å². The van der Waals surface area contributed by atoms with Crippen molar-refractivity contribution in [3.8, 4) is 10.8 Å². The van der Waals surface area contributed by atoms with E-state index in [4.69, 9.17) is 4.42 Å². The summed E-state index contributed by atoms with van der Waals surface area (Å²) in [6.45, 7) is 0.626. The number of thiophene rings is 2. The van der Waals surface area contributed by atoms with Gasteiger partial charge in [0.25, 0.3) is 5.89 Å². The number of aromatic nitrogens is 2. The molecular formula is C16H15N3O3S2. The summed E-state index contributed by atoms with van der Waals surface area (Å²) in [5.74, 6) is -0.434. The van der Waals surface area contributed by atoms with E-state index in [1.165, 1.54) is 16.2 Å². The predicted octanol–water partition coefficient (Wildman–Crippen LogP) is 2.99. The minimum atomic E-state index is -0.598. The molecule has 0 N–H and O–H groups in total. The van der Waals surface area contributed by atoms with Gasteiger partial charge in [0.2, 0.25) is 5.91 Å². The molecule has 124 valence electrons. The van der Waals surface area contributed by atoms with Crippen molar-refractivity contribution in [1.29, 1.82) is 0 Å². The van der Waals surface area contributed by atoms with Crippen molar-refractivity contribution in [2.75, 3.05) is 6.54 Å². The maximum Gasteiger partial charge on any atom is 0.437 e. The summed E-state index contributed by atoms with van der Waals surface area (Å²) in [7, 11) is 0. The van der Waals surface area contributed by atoms with Gasteiger partial charge >= 0.3 is 5.76 Å². The molecule has 1 saturated heterocycles. The molecule has 3 aromatic heterocycles. The molecule has 1 fully saturated rings. The van der Waals surface area contributed by atoms with Crippen LogP contribution in [-0.2, 0) is 11.3 Å². The van der Waals surface area contributed by atoms with Crippen LogP contribution in [0.15, 0.2) is 44.2 Å². The first kappa shape index (κ1) is 15.3. The van der Waals surface area contributed by atoms with Gasteiger partial charge in [-0.1, -0.05) is 12.1 Å². The second-order valence-electron chi connectivity index (χ2n) is 5.57. The van der Waals surface area contributed by atoms with Crippen LogP contribution in [0, 0.1) is 0 Å². The first-order chi connectivity index (χ1) is 11.7. The highest BCUT2D eigenvalue weighted by atomic mass is 32.1. The van der Waals surface area contributed by atoms with Crippen LogP contribution in [-0.4, -0.2) is 27.1 Å². The molecule has 0 radical (unpaired) electrons. The van der Waals surface area contributed by atoms with Crippen molar-refractivity contribution in [1.82, 2.24) is 14.7 Å². The molecule has 24 heavy (non-hydrogen) atoms. The Bertz CT molecular complexity index is 880. The smallest absolute Gasteiger partial charge is 0.387 e. The van der Waals surface area contributed by atoms with Gasteiger partial charge in [-0.25, -0.2) is 4.79 Å². The van der Waals surface area contributed by atoms with Gasteiger partial charge in [0.15, 0.2) is 0 Å². The van der Waals surface area contributed by atoms with Crippen LogP contribution >= 0.6 is 22.7 Å². The Balaban J connectivity index is 1.53. The Morgan fingerprint density at radius 2 is 2.12 bits per heavy atom. The Labute approximate surface area is 146 Å². The predicted molar refractivity (Wildman–Crippen MR) is 92.1 cm³/mol. The lowest BCUT2D eigenvalue weighted by atomic mass is 10.2. The zero-order valence-electron chi connectivity index (χ0n) is 12.8. The highest BCUT2D eigenvalue weighted by Gasteiger charge is 2.31. The second-order valence-corrected chi connectivity index (χ2v) is 7.50. The third kappa shape index (κ3) is 2.83. The molecule has 1 atom stereocenters. The Morgan fingerprint density at radius 3 is 2.88 bits per heavy atom. The number of hydrogen-bond acceptors (Lipinski definition) is 6. The number of rotatable bonds is 4. The largest absolute Gasteiger partial charge is 0.437 e. The maximum atomic E-state index is 12.7. The van der Waals surface area contributed by atoms with Crippen LogP contribution in [0.25, 0.3) is 10.8 Å². The Morgan fingerprint density at radius 1 is 1.29 bits per heavy atom. The number of likely N-dealkylation sites (tertiary alicyclic amines) is 1. The Hall–Kier alpha value is -2.19. The number of carbonyl (C=O) groups excluding carboxylic acids is 1. The van der Waals surface area contributed by atoms with Crippen molar-refractivity contribution in [3.05, 3.63) is 50.5 Å². The molecule has 1 amide bonds. The number of nitrogens with zero attached hydrogens (tertiary/aromatic N) is 3. The molecule has 4 rings (SSSR count). The standard InChI is InChI=1S/C16H15N3O3S2/c20-14(18-7-1-4-11(18)12-5-2-8-23-12)10-19-16(21)22-15(17-19)13-6-3-9-24-13/h2-3,5-6,8-9,11H,1,4,7,10H2/t11-/m1/s1. The van der Waals surface area contributed by atoms with Gasteiger partial charge in [0.05, 0.1) is 10.9 Å². The molecule has 1 aliphatic heterocycles. The molecule has 4 heterocycles. The normalized spacial score (nSPS) is 17.5. The minimum absolute atomic E-state index is 0.0877. The molecular weight excluding hydrogens is 346 g/mol. The van der Waals surface area contributed by atoms with Crippen LogP contribution in [0.3, 0.4) is 0 Å². The van der Waals surface area contributed by atoms with Gasteiger partial charge < -0.3 is 9.32 Å². The highest BCUT2D eigenvalue weighted by molar-refractivity contribution is 7.13. The summed E-state index contributed by atoms with van der Waals surface area (Å²) in [5, 5.41) is 8.06. The molecule has 8 heteroatoms. The third-order valence-corrected chi connectivity index (χ3v) is 5.90. The first-order valence-corrected chi connectivity index (χ1v) is 9.43. The molecule has 0 spiro atoms. The number of hydrogen-bond donors (Lipinski definition) is 0. The van der Waals surface area contributed by atoms with E-state index in [0.29, 0.717) is 6.54 Å². The van der Waals surface area contributed by atoms with E-state index >= 15 is 0 Å². The Kier molecular flexibility index (Phi) is 4.07. The second kappa shape index (κ2) is 6.37. The first-order valence-electron chi connectivity index (χ1n) is 7.67. The van der Waals surface area contributed by atoms with E-state index in [1.807, 2.05) is 33.9 Å². The van der Waals surface area contributed by atoms with Crippen LogP contribution in [0.4, 0.5) is 0 Å². The zero-order chi connectivity index (χ0) is 16.5. The van der Waals surface area contributed by atoms with Crippen LogP contribution in [0.1, 0.15) is 23.8 Å². The molecule has 0 saturated carbocycles. The summed E-state index contributed by atoms with van der Waals surface area (Å²) in [5.41, 5.74) is 0. The van der Waals surface area contributed by atoms with Gasteiger partial charge in [-0.2, -0.15) is 4.68 Å². The third-order valence-electron chi connectivity index (χ3n) is 4.07. The van der Waals surface area contributed by atoms with E-state index in [0.717, 1.165) is 22.4 Å². The van der Waals surface area contributed by atoms with Crippen molar-refractivity contribution >= 4 is 28.6 Å². The minimum Gasteiger partial charge on any atom is -0.387 e. The molecule has 3 aromatic rings. The lowest BCUT2D eigenvalue weighted by Gasteiger charge is -2.23. The summed E-state index contributed by atoms with van der Waals surface area (Å²) in [4.78, 5) is 28.4. The number of amides is 1. The quantitative estimate of drug-likeness (QED) is 0.716. The SMILES string of the molecule is O=C(Cn1nc(-c2cccs2)oc1=O)N1CCC[C@@H]1c1cccs1. The van der Waals surface area contributed by atoms with E-state index in [2.05, 4.69) is 11.2 Å². The summed E-state index contributed by atoms with van der Waals surface area (Å²) < 4.78 is 6.27. The molecule has 0 aliphatic carbocycles. The lowest BCUT2D eigenvalue weighted by molar-refractivity contribution is -0.133. The lowest BCUT2D eigenvalue weighted by Crippen LogP contribution is -2.35. The maximum absolute atomic E-state index is 12.7. The molecule has 1 aliphatic rings. The van der Waals surface area contributed by atoms with Crippen LogP contribution < -0.4 is 5.76 Å². The van der Waals surface area contributed by atoms with Crippen LogP contribution in [0.2, 0.25) is 0 Å². The fraction of sp³-hybridized carbons (Fsp3) is 0.312. The molecule has 0 unspecified atom stereocenters. The average Bonchev–Trinajstić information content (AvgIpc) is 3.36. The molecule has 0 aromatic carbocycles. The van der Waals surface area contributed by atoms with Gasteiger partial charge in [-0.05, 0) is 35.7 Å². The van der Waals surface area contributed by atoms with Crippen molar-refractivity contribution < 1.29 is 9.21 Å². The van der Waals surface area contributed by atoms with Crippen molar-refractivity contribution in [2.45, 2.75) is 25.4 Å². The highest BCUT2D eigenvalue weighted by Crippen LogP contribution is 2.34. The van der Waals surface area contributed by atoms with Gasteiger partial charge in [-0.15, -0.1) is 27.8 Å². The monoisotopic (exact) mass is 361 g/mol. The average molecular weight is 361 g/mol. The van der Waals surface area contributed by atoms with E-state index in [1.54, 1.807) is 11.3 Å². The van der Waals surface area contributed by atoms with Crippen molar-refractivity contribution in [2.24, 2.45) is 0 Å². The van der Waals surface area contributed by atoms with E-state index in [-0.39, 0.29) is 24.4 Å². The number of carbonyl (C=O) groups is 1.